The van der Waals surface area contributed by atoms with Crippen molar-refractivity contribution in [1.29, 1.82) is 0 Å². The first kappa shape index (κ1) is 20.2. The zero-order valence-electron chi connectivity index (χ0n) is 14.9. The summed E-state index contributed by atoms with van der Waals surface area (Å²) < 4.78 is 0. The summed E-state index contributed by atoms with van der Waals surface area (Å²) in [5, 5.41) is 6.47. The molecule has 0 radical (unpaired) electrons. The fraction of sp³-hybridized carbons (Fsp3) is 0.263. The van der Waals surface area contributed by atoms with E-state index in [9.17, 15) is 9.59 Å². The monoisotopic (exact) mass is 394 g/mol. The van der Waals surface area contributed by atoms with Crippen LogP contribution in [0.4, 0.5) is 11.4 Å². The Hall–Kier alpha value is -2.08. The van der Waals surface area contributed by atoms with Crippen LogP contribution in [0, 0.1) is 6.92 Å². The number of rotatable bonds is 6. The lowest BCUT2D eigenvalue weighted by molar-refractivity contribution is -0.885. The molecule has 0 aliphatic rings. The van der Waals surface area contributed by atoms with E-state index < -0.39 is 6.04 Å². The van der Waals surface area contributed by atoms with Gasteiger partial charge in [-0.25, -0.2) is 0 Å². The number of benzene rings is 2. The van der Waals surface area contributed by atoms with E-state index in [4.69, 9.17) is 23.2 Å². The highest BCUT2D eigenvalue weighted by molar-refractivity contribution is 6.35. The van der Waals surface area contributed by atoms with Crippen molar-refractivity contribution in [3.8, 4) is 0 Å². The first-order chi connectivity index (χ1) is 12.3. The molecule has 0 heterocycles. The number of likely N-dealkylation sites (N-methyl/N-ethyl adjacent to an activating group) is 1. The average molecular weight is 395 g/mol. The zero-order valence-corrected chi connectivity index (χ0v) is 16.4. The average Bonchev–Trinajstić information content (AvgIpc) is 2.59. The molecule has 0 fully saturated rings. The third kappa shape index (κ3) is 5.73. The molecular weight excluding hydrogens is 373 g/mol. The summed E-state index contributed by atoms with van der Waals surface area (Å²) in [4.78, 5) is 25.4. The van der Waals surface area contributed by atoms with Gasteiger partial charge in [-0.05, 0) is 44.2 Å². The third-order valence-electron chi connectivity index (χ3n) is 4.09. The summed E-state index contributed by atoms with van der Waals surface area (Å²) in [6, 6.07) is 12.0. The lowest BCUT2D eigenvalue weighted by Gasteiger charge is -2.21. The number of carbonyl (C=O) groups excluding carboxylic acids is 2. The summed E-state index contributed by atoms with van der Waals surface area (Å²) >= 11 is 12.0. The highest BCUT2D eigenvalue weighted by Gasteiger charge is 2.24. The molecule has 0 aromatic heterocycles. The fourth-order valence-corrected chi connectivity index (χ4v) is 2.64. The van der Waals surface area contributed by atoms with Crippen LogP contribution in [-0.4, -0.2) is 31.4 Å². The van der Waals surface area contributed by atoms with E-state index in [1.807, 2.05) is 31.2 Å². The lowest BCUT2D eigenvalue weighted by Crippen LogP contribution is -3.14. The van der Waals surface area contributed by atoms with Crippen molar-refractivity contribution in [2.75, 3.05) is 24.2 Å². The van der Waals surface area contributed by atoms with Crippen LogP contribution in [0.3, 0.4) is 0 Å². The van der Waals surface area contributed by atoms with Crippen molar-refractivity contribution in [1.82, 2.24) is 0 Å². The molecule has 138 valence electrons. The summed E-state index contributed by atoms with van der Waals surface area (Å²) in [6.45, 7) is 3.89. The maximum absolute atomic E-state index is 12.4. The van der Waals surface area contributed by atoms with Crippen LogP contribution in [0.5, 0.6) is 0 Å². The molecule has 1 unspecified atom stereocenters. The molecule has 0 spiro atoms. The molecule has 0 aliphatic heterocycles. The fourth-order valence-electron chi connectivity index (χ4n) is 2.31. The number of quaternary nitrogens is 1. The number of halogens is 2. The van der Waals surface area contributed by atoms with Crippen LogP contribution in [0.1, 0.15) is 12.5 Å². The minimum atomic E-state index is -0.450. The number of anilines is 2. The number of hydrogen-bond donors (Lipinski definition) is 3. The van der Waals surface area contributed by atoms with Crippen molar-refractivity contribution >= 4 is 46.4 Å². The molecule has 26 heavy (non-hydrogen) atoms. The van der Waals surface area contributed by atoms with Gasteiger partial charge < -0.3 is 15.5 Å². The van der Waals surface area contributed by atoms with E-state index in [1.165, 1.54) is 0 Å². The summed E-state index contributed by atoms with van der Waals surface area (Å²) in [7, 11) is 1.79. The molecule has 0 bridgehead atoms. The van der Waals surface area contributed by atoms with Crippen LogP contribution in [0.25, 0.3) is 0 Å². The largest absolute Gasteiger partial charge is 0.321 e. The van der Waals surface area contributed by atoms with E-state index in [2.05, 4.69) is 10.6 Å². The van der Waals surface area contributed by atoms with Gasteiger partial charge in [0, 0.05) is 10.7 Å². The maximum atomic E-state index is 12.4. The SMILES string of the molecule is Cc1ccc(NC(=O)C[NH+](C)[C@H](C)C(=O)Nc2cc(Cl)ccc2Cl)cc1. The standard InChI is InChI=1S/C19H21Cl2N3O2/c1-12-4-7-15(8-5-12)22-18(25)11-24(3)13(2)19(26)23-17-10-14(20)6-9-16(17)21/h4-10,13H,11H2,1-3H3,(H,22,25)(H,23,26)/p+1/t13-/m1/s1. The molecule has 2 aromatic carbocycles. The number of amides is 2. The van der Waals surface area contributed by atoms with Gasteiger partial charge in [0.1, 0.15) is 0 Å². The van der Waals surface area contributed by atoms with Crippen molar-refractivity contribution in [2.24, 2.45) is 0 Å². The van der Waals surface area contributed by atoms with E-state index in [0.717, 1.165) is 16.2 Å². The van der Waals surface area contributed by atoms with Gasteiger partial charge in [-0.2, -0.15) is 0 Å². The van der Waals surface area contributed by atoms with Crippen LogP contribution in [-0.2, 0) is 9.59 Å². The second-order valence-corrected chi connectivity index (χ2v) is 7.12. The molecule has 0 aliphatic carbocycles. The highest BCUT2D eigenvalue weighted by atomic mass is 35.5. The van der Waals surface area contributed by atoms with E-state index >= 15 is 0 Å². The predicted molar refractivity (Wildman–Crippen MR) is 106 cm³/mol. The van der Waals surface area contributed by atoms with Gasteiger partial charge >= 0.3 is 0 Å². The Kier molecular flexibility index (Phi) is 7.03. The second-order valence-electron chi connectivity index (χ2n) is 6.27. The summed E-state index contributed by atoms with van der Waals surface area (Å²) in [5.74, 6) is -0.401. The van der Waals surface area contributed by atoms with Gasteiger partial charge in [-0.15, -0.1) is 0 Å². The molecule has 0 saturated heterocycles. The van der Waals surface area contributed by atoms with Gasteiger partial charge in [-0.1, -0.05) is 40.9 Å². The van der Waals surface area contributed by atoms with Gasteiger partial charge in [0.25, 0.3) is 11.8 Å². The molecule has 2 amide bonds. The van der Waals surface area contributed by atoms with Gasteiger partial charge in [-0.3, -0.25) is 9.59 Å². The van der Waals surface area contributed by atoms with E-state index in [0.29, 0.717) is 15.7 Å². The second kappa shape index (κ2) is 9.03. The minimum absolute atomic E-state index is 0.158. The number of nitrogens with one attached hydrogen (secondary N) is 3. The van der Waals surface area contributed by atoms with Gasteiger partial charge in [0.05, 0.1) is 17.8 Å². The number of aryl methyl sites for hydroxylation is 1. The minimum Gasteiger partial charge on any atom is -0.321 e. The van der Waals surface area contributed by atoms with Gasteiger partial charge in [0.2, 0.25) is 0 Å². The molecule has 2 aromatic rings. The first-order valence-electron chi connectivity index (χ1n) is 8.21. The normalized spacial score (nSPS) is 13.0. The molecule has 0 saturated carbocycles. The van der Waals surface area contributed by atoms with Crippen LogP contribution < -0.4 is 15.5 Å². The molecule has 5 nitrogen and oxygen atoms in total. The van der Waals surface area contributed by atoms with Crippen molar-refractivity contribution in [2.45, 2.75) is 19.9 Å². The molecule has 2 rings (SSSR count). The van der Waals surface area contributed by atoms with Crippen LogP contribution in [0.2, 0.25) is 10.0 Å². The quantitative estimate of drug-likeness (QED) is 0.705. The summed E-state index contributed by atoms with van der Waals surface area (Å²) in [6.07, 6.45) is 0. The Morgan fingerprint density at radius 1 is 1.08 bits per heavy atom. The van der Waals surface area contributed by atoms with E-state index in [1.54, 1.807) is 32.2 Å². The predicted octanol–water partition coefficient (Wildman–Crippen LogP) is 2.78. The van der Waals surface area contributed by atoms with E-state index in [-0.39, 0.29) is 18.4 Å². The molecule has 2 atom stereocenters. The van der Waals surface area contributed by atoms with Crippen molar-refractivity contribution in [3.05, 3.63) is 58.1 Å². The summed E-state index contributed by atoms with van der Waals surface area (Å²) in [5.41, 5.74) is 2.31. The third-order valence-corrected chi connectivity index (χ3v) is 4.66. The molecular formula is C19H22Cl2N3O2+. The van der Waals surface area contributed by atoms with Crippen molar-refractivity contribution in [3.63, 3.8) is 0 Å². The highest BCUT2D eigenvalue weighted by Crippen LogP contribution is 2.25. The lowest BCUT2D eigenvalue weighted by atomic mass is 10.2. The molecule has 3 N–H and O–H groups in total. The van der Waals surface area contributed by atoms with Crippen LogP contribution in [0.15, 0.2) is 42.5 Å². The number of carbonyl (C=O) groups is 2. The molecule has 7 heteroatoms. The van der Waals surface area contributed by atoms with Gasteiger partial charge in [0.15, 0.2) is 12.6 Å². The Morgan fingerprint density at radius 2 is 1.73 bits per heavy atom. The maximum Gasteiger partial charge on any atom is 0.282 e. The first-order valence-corrected chi connectivity index (χ1v) is 8.96. The van der Waals surface area contributed by atoms with Crippen molar-refractivity contribution < 1.29 is 14.5 Å². The Balaban J connectivity index is 1.92. The smallest absolute Gasteiger partial charge is 0.282 e. The Morgan fingerprint density at radius 3 is 2.38 bits per heavy atom. The van der Waals surface area contributed by atoms with Crippen LogP contribution >= 0.6 is 23.2 Å². The zero-order chi connectivity index (χ0) is 19.3. The number of hydrogen-bond acceptors (Lipinski definition) is 2. The Labute approximate surface area is 163 Å². The Bertz CT molecular complexity index is 794. The topological polar surface area (TPSA) is 62.6 Å².